The normalized spacial score (nSPS) is 13.2. The van der Waals surface area contributed by atoms with Crippen LogP contribution in [0.3, 0.4) is 0 Å². The Bertz CT molecular complexity index is 408. The molecule has 0 aromatic carbocycles. The van der Waals surface area contributed by atoms with Crippen molar-refractivity contribution in [3.63, 3.8) is 0 Å². The minimum Gasteiger partial charge on any atom is -0.367 e. The smallest absolute Gasteiger partial charge is 0.367 e. The fraction of sp³-hybridized carbons (Fsp3) is 0.636. The van der Waals surface area contributed by atoms with Crippen LogP contribution in [0.2, 0.25) is 0 Å². The minimum atomic E-state index is -4.21. The molecule has 8 heteroatoms. The molecule has 1 heterocycles. The number of nitrogen functional groups attached to an aromatic ring is 1. The molecule has 1 aromatic heterocycles. The van der Waals surface area contributed by atoms with Crippen LogP contribution >= 0.6 is 0 Å². The molecule has 1 rings (SSSR count). The second-order valence-electron chi connectivity index (χ2n) is 4.31. The first-order valence-corrected chi connectivity index (χ1v) is 6.01. The zero-order valence-electron chi connectivity index (χ0n) is 10.9. The van der Waals surface area contributed by atoms with Crippen LogP contribution in [0, 0.1) is 0 Å². The summed E-state index contributed by atoms with van der Waals surface area (Å²) in [7, 11) is 0. The number of rotatable bonds is 6. The summed E-state index contributed by atoms with van der Waals surface area (Å²) in [6.45, 7) is 3.41. The van der Waals surface area contributed by atoms with Crippen molar-refractivity contribution in [2.45, 2.75) is 45.3 Å². The monoisotopic (exact) mass is 277 g/mol. The van der Waals surface area contributed by atoms with Crippen LogP contribution in [0.25, 0.3) is 0 Å². The number of halogens is 3. The summed E-state index contributed by atoms with van der Waals surface area (Å²) < 4.78 is 36.9. The standard InChI is InChI=1S/C11H18F3N5/c1-3-4-8-9(16-6-17-10(8)19-15)18-7(2)5-11(12,13)14/h6-7H,3-5,15H2,1-2H3,(H2,16,17,18,19). The van der Waals surface area contributed by atoms with E-state index in [1.165, 1.54) is 13.3 Å². The second-order valence-corrected chi connectivity index (χ2v) is 4.31. The van der Waals surface area contributed by atoms with Gasteiger partial charge in [-0.05, 0) is 13.3 Å². The van der Waals surface area contributed by atoms with Gasteiger partial charge in [0, 0.05) is 11.6 Å². The number of hydrogen-bond acceptors (Lipinski definition) is 5. The number of aromatic nitrogens is 2. The van der Waals surface area contributed by atoms with Crippen molar-refractivity contribution < 1.29 is 13.2 Å². The molecule has 0 saturated carbocycles. The first-order chi connectivity index (χ1) is 8.87. The molecular formula is C11H18F3N5. The van der Waals surface area contributed by atoms with Gasteiger partial charge in [0.15, 0.2) is 0 Å². The van der Waals surface area contributed by atoms with Gasteiger partial charge in [0.2, 0.25) is 0 Å². The zero-order chi connectivity index (χ0) is 14.5. The van der Waals surface area contributed by atoms with Gasteiger partial charge in [0.25, 0.3) is 0 Å². The largest absolute Gasteiger partial charge is 0.391 e. The number of hydrogen-bond donors (Lipinski definition) is 3. The number of nitrogens with zero attached hydrogens (tertiary/aromatic N) is 2. The van der Waals surface area contributed by atoms with Gasteiger partial charge in [-0.15, -0.1) is 0 Å². The Kier molecular flexibility index (Phi) is 5.34. The van der Waals surface area contributed by atoms with Gasteiger partial charge in [0.05, 0.1) is 6.42 Å². The van der Waals surface area contributed by atoms with Crippen LogP contribution in [0.4, 0.5) is 24.8 Å². The van der Waals surface area contributed by atoms with Crippen molar-refractivity contribution in [3.8, 4) is 0 Å². The van der Waals surface area contributed by atoms with Gasteiger partial charge in [-0.1, -0.05) is 13.3 Å². The molecular weight excluding hydrogens is 259 g/mol. The van der Waals surface area contributed by atoms with E-state index in [1.807, 2.05) is 6.92 Å². The average Bonchev–Trinajstić information content (AvgIpc) is 2.29. The van der Waals surface area contributed by atoms with E-state index < -0.39 is 18.6 Å². The number of anilines is 2. The molecule has 0 amide bonds. The molecule has 5 nitrogen and oxygen atoms in total. The number of nitrogens with one attached hydrogen (secondary N) is 2. The Hall–Kier alpha value is -1.57. The average molecular weight is 277 g/mol. The molecule has 0 aliphatic carbocycles. The van der Waals surface area contributed by atoms with E-state index >= 15 is 0 Å². The summed E-state index contributed by atoms with van der Waals surface area (Å²) in [5.74, 6) is 6.15. The SMILES string of the molecule is CCCc1c(NN)ncnc1NC(C)CC(F)(F)F. The van der Waals surface area contributed by atoms with Crippen LogP contribution in [0.1, 0.15) is 32.3 Å². The molecule has 4 N–H and O–H groups in total. The van der Waals surface area contributed by atoms with Gasteiger partial charge < -0.3 is 10.7 Å². The topological polar surface area (TPSA) is 75.9 Å². The molecule has 108 valence electrons. The highest BCUT2D eigenvalue weighted by atomic mass is 19.4. The van der Waals surface area contributed by atoms with E-state index in [-0.39, 0.29) is 0 Å². The van der Waals surface area contributed by atoms with Crippen LogP contribution in [0.15, 0.2) is 6.33 Å². The molecule has 19 heavy (non-hydrogen) atoms. The lowest BCUT2D eigenvalue weighted by Crippen LogP contribution is -2.25. The maximum atomic E-state index is 12.3. The molecule has 0 radical (unpaired) electrons. The van der Waals surface area contributed by atoms with Crippen LogP contribution in [0.5, 0.6) is 0 Å². The molecule has 1 aromatic rings. The Morgan fingerprint density at radius 2 is 1.95 bits per heavy atom. The molecule has 0 bridgehead atoms. The summed E-state index contributed by atoms with van der Waals surface area (Å²) in [4.78, 5) is 7.94. The molecule has 1 atom stereocenters. The maximum Gasteiger partial charge on any atom is 0.391 e. The molecule has 0 fully saturated rings. The third-order valence-electron chi connectivity index (χ3n) is 2.50. The first-order valence-electron chi connectivity index (χ1n) is 6.01. The number of hydrazine groups is 1. The van der Waals surface area contributed by atoms with E-state index in [0.717, 1.165) is 6.42 Å². The van der Waals surface area contributed by atoms with E-state index in [9.17, 15) is 13.2 Å². The van der Waals surface area contributed by atoms with Crippen molar-refractivity contribution >= 4 is 11.6 Å². The Morgan fingerprint density at radius 3 is 2.47 bits per heavy atom. The Labute approximate surface area is 109 Å². The summed E-state index contributed by atoms with van der Waals surface area (Å²) in [5, 5.41) is 2.76. The van der Waals surface area contributed by atoms with Crippen molar-refractivity contribution in [3.05, 3.63) is 11.9 Å². The van der Waals surface area contributed by atoms with Crippen molar-refractivity contribution in [1.82, 2.24) is 9.97 Å². The van der Waals surface area contributed by atoms with Crippen molar-refractivity contribution in [2.24, 2.45) is 5.84 Å². The lowest BCUT2D eigenvalue weighted by atomic mass is 10.1. The van der Waals surface area contributed by atoms with Crippen LogP contribution in [-0.4, -0.2) is 22.2 Å². The Morgan fingerprint density at radius 1 is 1.32 bits per heavy atom. The highest BCUT2D eigenvalue weighted by Gasteiger charge is 2.30. The predicted molar refractivity (Wildman–Crippen MR) is 67.6 cm³/mol. The zero-order valence-corrected chi connectivity index (χ0v) is 10.9. The predicted octanol–water partition coefficient (Wildman–Crippen LogP) is 2.47. The van der Waals surface area contributed by atoms with Gasteiger partial charge in [-0.3, -0.25) is 0 Å². The third kappa shape index (κ3) is 4.90. The molecule has 0 aliphatic rings. The maximum absolute atomic E-state index is 12.3. The minimum absolute atomic E-state index is 0.390. The lowest BCUT2D eigenvalue weighted by Gasteiger charge is -2.19. The third-order valence-corrected chi connectivity index (χ3v) is 2.50. The fourth-order valence-corrected chi connectivity index (χ4v) is 1.78. The summed E-state index contributed by atoms with van der Waals surface area (Å²) in [5.41, 5.74) is 3.12. The highest BCUT2D eigenvalue weighted by molar-refractivity contribution is 5.57. The van der Waals surface area contributed by atoms with Gasteiger partial charge >= 0.3 is 6.18 Å². The lowest BCUT2D eigenvalue weighted by molar-refractivity contribution is -0.136. The second kappa shape index (κ2) is 6.55. The van der Waals surface area contributed by atoms with E-state index in [2.05, 4.69) is 20.7 Å². The summed E-state index contributed by atoms with van der Waals surface area (Å²) in [6.07, 6.45) is -2.43. The Balaban J connectivity index is 2.87. The quantitative estimate of drug-likeness (QED) is 0.550. The summed E-state index contributed by atoms with van der Waals surface area (Å²) in [6, 6.07) is -0.767. The number of alkyl halides is 3. The van der Waals surface area contributed by atoms with Gasteiger partial charge in [-0.25, -0.2) is 15.8 Å². The van der Waals surface area contributed by atoms with Crippen molar-refractivity contribution in [1.29, 1.82) is 0 Å². The van der Waals surface area contributed by atoms with E-state index in [0.29, 0.717) is 23.6 Å². The number of nitrogens with two attached hydrogens (primary N) is 1. The molecule has 0 spiro atoms. The van der Waals surface area contributed by atoms with E-state index in [1.54, 1.807) is 0 Å². The molecule has 1 unspecified atom stereocenters. The molecule has 0 saturated heterocycles. The fourth-order valence-electron chi connectivity index (χ4n) is 1.78. The van der Waals surface area contributed by atoms with E-state index in [4.69, 9.17) is 5.84 Å². The van der Waals surface area contributed by atoms with Gasteiger partial charge in [0.1, 0.15) is 18.0 Å². The van der Waals surface area contributed by atoms with Crippen LogP contribution in [-0.2, 0) is 6.42 Å². The molecule has 0 aliphatic heterocycles. The van der Waals surface area contributed by atoms with Gasteiger partial charge in [-0.2, -0.15) is 13.2 Å². The summed E-state index contributed by atoms with van der Waals surface area (Å²) >= 11 is 0. The highest BCUT2D eigenvalue weighted by Crippen LogP contribution is 2.25. The first kappa shape index (κ1) is 15.5. The van der Waals surface area contributed by atoms with Crippen molar-refractivity contribution in [2.75, 3.05) is 10.7 Å². The van der Waals surface area contributed by atoms with Crippen LogP contribution < -0.4 is 16.6 Å².